The number of nitro groups is 1. The average molecular weight is 378 g/mol. The topological polar surface area (TPSA) is 88.4 Å². The number of aromatic nitrogens is 1. The van der Waals surface area contributed by atoms with Crippen LogP contribution in [-0.4, -0.2) is 29.4 Å². The summed E-state index contributed by atoms with van der Waals surface area (Å²) in [6.07, 6.45) is 0. The number of hydrogen-bond acceptors (Lipinski definition) is 5. The first-order valence-corrected chi connectivity index (χ1v) is 8.90. The van der Waals surface area contributed by atoms with Crippen LogP contribution in [-0.2, 0) is 4.79 Å². The molecule has 0 atom stereocenters. The molecular weight excluding hydrogens is 356 g/mol. The molecule has 1 N–H and O–H groups in total. The maximum atomic E-state index is 12.6. The highest BCUT2D eigenvalue weighted by atomic mass is 16.6. The van der Waals surface area contributed by atoms with E-state index in [-0.39, 0.29) is 18.1 Å². The van der Waals surface area contributed by atoms with E-state index in [9.17, 15) is 14.9 Å². The molecule has 0 fully saturated rings. The first-order valence-electron chi connectivity index (χ1n) is 8.90. The molecule has 7 heteroatoms. The lowest BCUT2D eigenvalue weighted by Gasteiger charge is -2.21. The van der Waals surface area contributed by atoms with Crippen LogP contribution < -0.4 is 10.2 Å². The van der Waals surface area contributed by atoms with Gasteiger partial charge in [0.05, 0.1) is 11.5 Å². The number of likely N-dealkylation sites (N-methyl/N-ethyl adjacent to an activating group) is 1. The van der Waals surface area contributed by atoms with Crippen molar-refractivity contribution in [3.63, 3.8) is 0 Å². The summed E-state index contributed by atoms with van der Waals surface area (Å²) < 4.78 is 0. The van der Waals surface area contributed by atoms with Crippen molar-refractivity contribution in [1.29, 1.82) is 0 Å². The van der Waals surface area contributed by atoms with Crippen molar-refractivity contribution in [3.05, 3.63) is 69.4 Å². The molecule has 0 radical (unpaired) electrons. The van der Waals surface area contributed by atoms with Crippen LogP contribution in [0.4, 0.5) is 17.1 Å². The molecule has 1 heterocycles. The Bertz CT molecular complexity index is 1060. The number of nitro benzene ring substituents is 1. The monoisotopic (exact) mass is 378 g/mol. The van der Waals surface area contributed by atoms with Crippen LogP contribution >= 0.6 is 0 Å². The van der Waals surface area contributed by atoms with Gasteiger partial charge in [-0.05, 0) is 38.0 Å². The van der Waals surface area contributed by atoms with Gasteiger partial charge in [-0.2, -0.15) is 0 Å². The second-order valence-corrected chi connectivity index (χ2v) is 6.88. The number of nitrogens with zero attached hydrogens (tertiary/aromatic N) is 3. The highest BCUT2D eigenvalue weighted by Crippen LogP contribution is 2.31. The van der Waals surface area contributed by atoms with E-state index >= 15 is 0 Å². The van der Waals surface area contributed by atoms with Gasteiger partial charge in [0.1, 0.15) is 0 Å². The molecule has 0 aliphatic heterocycles. The second-order valence-electron chi connectivity index (χ2n) is 6.88. The summed E-state index contributed by atoms with van der Waals surface area (Å²) in [6.45, 7) is 5.79. The molecule has 144 valence electrons. The van der Waals surface area contributed by atoms with Crippen LogP contribution in [0.2, 0.25) is 0 Å². The van der Waals surface area contributed by atoms with Gasteiger partial charge >= 0.3 is 0 Å². The molecule has 2 aromatic carbocycles. The Kier molecular flexibility index (Phi) is 5.26. The molecule has 0 spiro atoms. The predicted octanol–water partition coefficient (Wildman–Crippen LogP) is 4.14. The third kappa shape index (κ3) is 3.78. The molecule has 1 amide bonds. The van der Waals surface area contributed by atoms with Crippen molar-refractivity contribution < 1.29 is 9.72 Å². The third-order valence-electron chi connectivity index (χ3n) is 4.66. The second kappa shape index (κ2) is 7.64. The van der Waals surface area contributed by atoms with Crippen molar-refractivity contribution >= 4 is 33.9 Å². The van der Waals surface area contributed by atoms with Crippen LogP contribution in [0, 0.1) is 30.9 Å². The Balaban J connectivity index is 1.91. The van der Waals surface area contributed by atoms with Gasteiger partial charge in [-0.15, -0.1) is 0 Å². The number of pyridine rings is 1. The lowest BCUT2D eigenvalue weighted by molar-refractivity contribution is -0.383. The molecule has 0 bridgehead atoms. The Labute approximate surface area is 163 Å². The largest absolute Gasteiger partial charge is 0.365 e. The number of hydrogen-bond donors (Lipinski definition) is 1. The van der Waals surface area contributed by atoms with Gasteiger partial charge < -0.3 is 10.2 Å². The molecule has 1 aromatic heterocycles. The van der Waals surface area contributed by atoms with Crippen molar-refractivity contribution in [2.75, 3.05) is 23.8 Å². The third-order valence-corrected chi connectivity index (χ3v) is 4.66. The van der Waals surface area contributed by atoms with Gasteiger partial charge in [-0.1, -0.05) is 30.3 Å². The normalized spacial score (nSPS) is 10.7. The van der Waals surface area contributed by atoms with E-state index in [4.69, 9.17) is 0 Å². The number of rotatable bonds is 5. The number of carbonyl (C=O) groups excluding carboxylic acids is 1. The Morgan fingerprint density at radius 2 is 1.79 bits per heavy atom. The van der Waals surface area contributed by atoms with E-state index in [2.05, 4.69) is 10.3 Å². The highest BCUT2D eigenvalue weighted by molar-refractivity contribution is 6.00. The van der Waals surface area contributed by atoms with Crippen LogP contribution in [0.5, 0.6) is 0 Å². The summed E-state index contributed by atoms with van der Waals surface area (Å²) in [5, 5.41) is 14.9. The summed E-state index contributed by atoms with van der Waals surface area (Å²) in [7, 11) is 1.79. The Morgan fingerprint density at radius 3 is 2.43 bits per heavy atom. The summed E-state index contributed by atoms with van der Waals surface area (Å²) in [6, 6.07) is 12.5. The zero-order chi connectivity index (χ0) is 20.4. The van der Waals surface area contributed by atoms with Crippen LogP contribution in [0.3, 0.4) is 0 Å². The first-order chi connectivity index (χ1) is 13.3. The fraction of sp³-hybridized carbons (Fsp3) is 0.238. The van der Waals surface area contributed by atoms with Gasteiger partial charge in [-0.25, -0.2) is 4.98 Å². The summed E-state index contributed by atoms with van der Waals surface area (Å²) in [5.41, 5.74) is 4.46. The molecule has 28 heavy (non-hydrogen) atoms. The van der Waals surface area contributed by atoms with Crippen LogP contribution in [0.15, 0.2) is 42.5 Å². The molecule has 0 aliphatic rings. The number of non-ortho nitro benzene ring substituents is 1. The number of nitrogens with one attached hydrogen (secondary N) is 1. The summed E-state index contributed by atoms with van der Waals surface area (Å²) >= 11 is 0. The standard InChI is InChI=1S/C21H22N4O3/c1-13-7-5-8-14(2)20(13)23-19(26)12-24(4)18-11-15(3)22-21-16(18)9-6-10-17(21)25(27)28/h5-11H,12H2,1-4H3,(H,23,26). The van der Waals surface area contributed by atoms with Gasteiger partial charge in [-0.3, -0.25) is 14.9 Å². The zero-order valence-corrected chi connectivity index (χ0v) is 16.3. The highest BCUT2D eigenvalue weighted by Gasteiger charge is 2.18. The minimum Gasteiger partial charge on any atom is -0.365 e. The SMILES string of the molecule is Cc1cc(N(C)CC(=O)Nc2c(C)cccc2C)c2cccc([N+](=O)[O-])c2n1. The smallest absolute Gasteiger partial charge is 0.295 e. The lowest BCUT2D eigenvalue weighted by atomic mass is 10.1. The molecule has 0 unspecified atom stereocenters. The van der Waals surface area contributed by atoms with E-state index in [1.165, 1.54) is 6.07 Å². The minimum absolute atomic E-state index is 0.0455. The minimum atomic E-state index is -0.438. The maximum absolute atomic E-state index is 12.6. The molecule has 0 aliphatic carbocycles. The van der Waals surface area contributed by atoms with E-state index < -0.39 is 4.92 Å². The number of carbonyl (C=O) groups is 1. The fourth-order valence-electron chi connectivity index (χ4n) is 3.29. The summed E-state index contributed by atoms with van der Waals surface area (Å²) in [4.78, 5) is 29.6. The molecule has 0 saturated carbocycles. The molecule has 3 rings (SSSR count). The number of aryl methyl sites for hydroxylation is 3. The van der Waals surface area contributed by atoms with Gasteiger partial charge in [0.25, 0.3) is 5.69 Å². The van der Waals surface area contributed by atoms with Crippen molar-refractivity contribution in [2.24, 2.45) is 0 Å². The number of amides is 1. The summed E-state index contributed by atoms with van der Waals surface area (Å²) in [5.74, 6) is -0.159. The zero-order valence-electron chi connectivity index (χ0n) is 16.3. The molecule has 0 saturated heterocycles. The predicted molar refractivity (Wildman–Crippen MR) is 111 cm³/mol. The number of para-hydroxylation sites is 2. The van der Waals surface area contributed by atoms with Crippen molar-refractivity contribution in [2.45, 2.75) is 20.8 Å². The Hall–Kier alpha value is -3.48. The van der Waals surface area contributed by atoms with E-state index in [0.29, 0.717) is 16.6 Å². The number of fused-ring (bicyclic) bond motifs is 1. The molecule has 3 aromatic rings. The van der Waals surface area contributed by atoms with E-state index in [1.807, 2.05) is 38.1 Å². The first kappa shape index (κ1) is 19.3. The number of anilines is 2. The van der Waals surface area contributed by atoms with E-state index in [0.717, 1.165) is 22.5 Å². The number of benzene rings is 2. The van der Waals surface area contributed by atoms with Crippen molar-refractivity contribution in [3.8, 4) is 0 Å². The van der Waals surface area contributed by atoms with Crippen LogP contribution in [0.25, 0.3) is 10.9 Å². The van der Waals surface area contributed by atoms with Gasteiger partial charge in [0.15, 0.2) is 5.52 Å². The maximum Gasteiger partial charge on any atom is 0.295 e. The van der Waals surface area contributed by atoms with Crippen molar-refractivity contribution in [1.82, 2.24) is 4.98 Å². The van der Waals surface area contributed by atoms with Crippen LogP contribution in [0.1, 0.15) is 16.8 Å². The quantitative estimate of drug-likeness (QED) is 0.532. The lowest BCUT2D eigenvalue weighted by Crippen LogP contribution is -2.30. The molecule has 7 nitrogen and oxygen atoms in total. The van der Waals surface area contributed by atoms with E-state index in [1.54, 1.807) is 31.0 Å². The molecular formula is C21H22N4O3. The Morgan fingerprint density at radius 1 is 1.14 bits per heavy atom. The fourth-order valence-corrected chi connectivity index (χ4v) is 3.29. The van der Waals surface area contributed by atoms with Gasteiger partial charge in [0.2, 0.25) is 5.91 Å². The average Bonchev–Trinajstić information content (AvgIpc) is 2.63. The van der Waals surface area contributed by atoms with Gasteiger partial charge in [0, 0.05) is 35.6 Å².